The largest absolute Gasteiger partial charge is 0.386 e. The summed E-state index contributed by atoms with van der Waals surface area (Å²) in [6.45, 7) is 2.10. The second kappa shape index (κ2) is 4.80. The molecule has 0 saturated carbocycles. The molecule has 0 radical (unpaired) electrons. The van der Waals surface area contributed by atoms with Crippen LogP contribution in [0.3, 0.4) is 0 Å². The van der Waals surface area contributed by atoms with Crippen LogP contribution in [0.15, 0.2) is 23.2 Å². The van der Waals surface area contributed by atoms with Crippen LogP contribution < -0.4 is 5.73 Å². The predicted octanol–water partition coefficient (Wildman–Crippen LogP) is 3.09. The number of nitrogens with zero attached hydrogens (tertiary/aromatic N) is 2. The van der Waals surface area contributed by atoms with Crippen LogP contribution >= 0.6 is 22.9 Å². The molecule has 0 saturated heterocycles. The molecule has 0 spiro atoms. The lowest BCUT2D eigenvalue weighted by Gasteiger charge is -1.95. The highest BCUT2D eigenvalue weighted by Crippen LogP contribution is 2.26. The number of fused-ring (bicyclic) bond motifs is 1. The van der Waals surface area contributed by atoms with Gasteiger partial charge in [-0.15, -0.1) is 22.9 Å². The Hall–Kier alpha value is -1.13. The van der Waals surface area contributed by atoms with E-state index in [4.69, 9.17) is 17.3 Å². The Kier molecular flexibility index (Phi) is 3.41. The van der Waals surface area contributed by atoms with Crippen LogP contribution in [-0.2, 0) is 6.42 Å². The molecular formula is C11H12ClN3S. The third-order valence-corrected chi connectivity index (χ3v) is 3.56. The Balaban J connectivity index is 2.43. The number of thiazole rings is 1. The first-order valence-corrected chi connectivity index (χ1v) is 6.36. The van der Waals surface area contributed by atoms with Gasteiger partial charge in [-0.25, -0.2) is 9.98 Å². The molecule has 84 valence electrons. The average Bonchev–Trinajstić information content (AvgIpc) is 2.71. The van der Waals surface area contributed by atoms with E-state index in [1.807, 2.05) is 18.2 Å². The van der Waals surface area contributed by atoms with Crippen LogP contribution in [-0.4, -0.2) is 16.7 Å². The molecule has 0 aliphatic rings. The maximum Gasteiger partial charge on any atom is 0.115 e. The first-order valence-electron chi connectivity index (χ1n) is 5.01. The molecule has 1 heterocycles. The number of alkyl halides is 1. The minimum atomic E-state index is 0.251. The standard InChI is InChI=1S/C11H12ClN3S/c1-2-11-15-8-4-3-7(5-9(8)16-11)14-10(13)6-12/h3-5H,2,6H2,1H3,(H2,13,14). The summed E-state index contributed by atoms with van der Waals surface area (Å²) >= 11 is 7.27. The number of benzene rings is 1. The topological polar surface area (TPSA) is 51.3 Å². The fourth-order valence-corrected chi connectivity index (χ4v) is 2.38. The molecule has 0 atom stereocenters. The van der Waals surface area contributed by atoms with Gasteiger partial charge in [0.05, 0.1) is 26.8 Å². The Labute approximate surface area is 103 Å². The number of nitrogens with two attached hydrogens (primary N) is 1. The van der Waals surface area contributed by atoms with Crippen LogP contribution in [0.25, 0.3) is 10.2 Å². The van der Waals surface area contributed by atoms with Gasteiger partial charge in [-0.1, -0.05) is 6.92 Å². The number of aromatic nitrogens is 1. The van der Waals surface area contributed by atoms with Crippen molar-refractivity contribution in [1.29, 1.82) is 0 Å². The van der Waals surface area contributed by atoms with Gasteiger partial charge in [0.2, 0.25) is 0 Å². The number of rotatable bonds is 3. The molecular weight excluding hydrogens is 242 g/mol. The van der Waals surface area contributed by atoms with Crippen LogP contribution in [0.4, 0.5) is 5.69 Å². The van der Waals surface area contributed by atoms with Gasteiger partial charge in [0.15, 0.2) is 0 Å². The van der Waals surface area contributed by atoms with Crippen molar-refractivity contribution in [2.24, 2.45) is 10.7 Å². The molecule has 0 unspecified atom stereocenters. The van der Waals surface area contributed by atoms with E-state index in [9.17, 15) is 0 Å². The summed E-state index contributed by atoms with van der Waals surface area (Å²) in [6.07, 6.45) is 0.960. The van der Waals surface area contributed by atoms with E-state index in [-0.39, 0.29) is 5.88 Å². The van der Waals surface area contributed by atoms with Gasteiger partial charge >= 0.3 is 0 Å². The first kappa shape index (κ1) is 11.4. The van der Waals surface area contributed by atoms with Gasteiger partial charge in [0, 0.05) is 0 Å². The van der Waals surface area contributed by atoms with Gasteiger partial charge in [-0.3, -0.25) is 0 Å². The van der Waals surface area contributed by atoms with E-state index in [0.29, 0.717) is 5.84 Å². The van der Waals surface area contributed by atoms with E-state index in [1.165, 1.54) is 0 Å². The number of aryl methyl sites for hydroxylation is 1. The van der Waals surface area contributed by atoms with Crippen LogP contribution in [0.2, 0.25) is 0 Å². The molecule has 3 nitrogen and oxygen atoms in total. The summed E-state index contributed by atoms with van der Waals surface area (Å²) in [7, 11) is 0. The molecule has 16 heavy (non-hydrogen) atoms. The van der Waals surface area contributed by atoms with Gasteiger partial charge in [0.1, 0.15) is 5.84 Å². The summed E-state index contributed by atoms with van der Waals surface area (Å²) in [4.78, 5) is 8.69. The Morgan fingerprint density at radius 1 is 1.56 bits per heavy atom. The van der Waals surface area contributed by atoms with Gasteiger partial charge in [-0.2, -0.15) is 0 Å². The van der Waals surface area contributed by atoms with E-state index in [0.717, 1.165) is 27.3 Å². The summed E-state index contributed by atoms with van der Waals surface area (Å²) < 4.78 is 1.14. The molecule has 0 aliphatic carbocycles. The average molecular weight is 254 g/mol. The monoisotopic (exact) mass is 253 g/mol. The molecule has 0 bridgehead atoms. The van der Waals surface area contributed by atoms with Crippen molar-refractivity contribution >= 4 is 44.7 Å². The normalized spacial score (nSPS) is 12.2. The molecule has 2 N–H and O–H groups in total. The molecule has 2 aromatic rings. The third kappa shape index (κ3) is 2.33. The minimum absolute atomic E-state index is 0.251. The molecule has 0 fully saturated rings. The first-order chi connectivity index (χ1) is 7.72. The molecule has 1 aromatic heterocycles. The van der Waals surface area contributed by atoms with Crippen molar-refractivity contribution < 1.29 is 0 Å². The number of hydrogen-bond acceptors (Lipinski definition) is 3. The quantitative estimate of drug-likeness (QED) is 0.519. The zero-order chi connectivity index (χ0) is 11.5. The van der Waals surface area contributed by atoms with Crippen molar-refractivity contribution in [2.45, 2.75) is 13.3 Å². The molecule has 5 heteroatoms. The Bertz CT molecular complexity index is 533. The van der Waals surface area contributed by atoms with Crippen molar-refractivity contribution in [3.05, 3.63) is 23.2 Å². The number of aliphatic imine (C=N–C) groups is 1. The van der Waals surface area contributed by atoms with Crippen molar-refractivity contribution in [3.8, 4) is 0 Å². The zero-order valence-electron chi connectivity index (χ0n) is 8.90. The maximum atomic E-state index is 5.59. The fraction of sp³-hybridized carbons (Fsp3) is 0.273. The van der Waals surface area contributed by atoms with Gasteiger partial charge in [-0.05, 0) is 24.6 Å². The van der Waals surface area contributed by atoms with Crippen molar-refractivity contribution in [2.75, 3.05) is 5.88 Å². The highest BCUT2D eigenvalue weighted by atomic mass is 35.5. The summed E-state index contributed by atoms with van der Waals surface area (Å²) in [5.74, 6) is 0.683. The van der Waals surface area contributed by atoms with Crippen molar-refractivity contribution in [1.82, 2.24) is 4.98 Å². The maximum absolute atomic E-state index is 5.59. The summed E-state index contributed by atoms with van der Waals surface area (Å²) in [5.41, 5.74) is 7.44. The van der Waals surface area contributed by atoms with Crippen molar-refractivity contribution in [3.63, 3.8) is 0 Å². The molecule has 2 rings (SSSR count). The predicted molar refractivity (Wildman–Crippen MR) is 71.0 cm³/mol. The molecule has 1 aromatic carbocycles. The lowest BCUT2D eigenvalue weighted by molar-refractivity contribution is 1.11. The zero-order valence-corrected chi connectivity index (χ0v) is 10.5. The molecule has 0 aliphatic heterocycles. The summed E-state index contributed by atoms with van der Waals surface area (Å²) in [6, 6.07) is 5.86. The fourth-order valence-electron chi connectivity index (χ4n) is 1.38. The van der Waals surface area contributed by atoms with Crippen LogP contribution in [0.1, 0.15) is 11.9 Å². The third-order valence-electron chi connectivity index (χ3n) is 2.13. The highest BCUT2D eigenvalue weighted by molar-refractivity contribution is 7.18. The molecule has 0 amide bonds. The van der Waals surface area contributed by atoms with Gasteiger partial charge < -0.3 is 5.73 Å². The van der Waals surface area contributed by atoms with E-state index >= 15 is 0 Å². The van der Waals surface area contributed by atoms with E-state index in [1.54, 1.807) is 11.3 Å². The SMILES string of the molecule is CCc1nc2ccc(N=C(N)CCl)cc2s1. The second-order valence-corrected chi connectivity index (χ2v) is 4.73. The summed E-state index contributed by atoms with van der Waals surface area (Å²) in [5, 5.41) is 1.14. The Morgan fingerprint density at radius 3 is 3.06 bits per heavy atom. The number of halogens is 1. The van der Waals surface area contributed by atoms with E-state index < -0.39 is 0 Å². The van der Waals surface area contributed by atoms with Gasteiger partial charge in [0.25, 0.3) is 0 Å². The van der Waals surface area contributed by atoms with Crippen LogP contribution in [0.5, 0.6) is 0 Å². The minimum Gasteiger partial charge on any atom is -0.386 e. The number of amidine groups is 1. The lowest BCUT2D eigenvalue weighted by atomic mass is 10.3. The number of hydrogen-bond donors (Lipinski definition) is 1. The lowest BCUT2D eigenvalue weighted by Crippen LogP contribution is -2.12. The highest BCUT2D eigenvalue weighted by Gasteiger charge is 2.03. The van der Waals surface area contributed by atoms with E-state index in [2.05, 4.69) is 16.9 Å². The second-order valence-electron chi connectivity index (χ2n) is 3.35. The Morgan fingerprint density at radius 2 is 2.38 bits per heavy atom. The smallest absolute Gasteiger partial charge is 0.115 e. The van der Waals surface area contributed by atoms with Crippen LogP contribution in [0, 0.1) is 0 Å².